The van der Waals surface area contributed by atoms with Gasteiger partial charge in [-0.2, -0.15) is 0 Å². The molecular formula is C21H14ClN3OS. The van der Waals surface area contributed by atoms with Crippen LogP contribution in [-0.4, -0.2) is 15.9 Å². The van der Waals surface area contributed by atoms with Gasteiger partial charge in [-0.15, -0.1) is 11.3 Å². The summed E-state index contributed by atoms with van der Waals surface area (Å²) in [5, 5.41) is 6.37. The average molecular weight is 392 g/mol. The molecule has 0 unspecified atom stereocenters. The van der Waals surface area contributed by atoms with Crippen molar-refractivity contribution in [2.75, 3.05) is 5.32 Å². The number of thiazole rings is 1. The molecule has 0 aliphatic carbocycles. The molecule has 4 aromatic rings. The minimum atomic E-state index is -0.203. The summed E-state index contributed by atoms with van der Waals surface area (Å²) in [6, 6.07) is 18.4. The smallest absolute Gasteiger partial charge is 0.255 e. The number of pyridine rings is 1. The van der Waals surface area contributed by atoms with E-state index in [0.717, 1.165) is 21.8 Å². The summed E-state index contributed by atoms with van der Waals surface area (Å²) < 4.78 is 0. The topological polar surface area (TPSA) is 54.9 Å². The second-order valence-corrected chi connectivity index (χ2v) is 7.11. The number of hydrogen-bond donors (Lipinski definition) is 1. The molecule has 0 atom stereocenters. The van der Waals surface area contributed by atoms with Crippen molar-refractivity contribution < 1.29 is 4.79 Å². The molecule has 0 saturated carbocycles. The van der Waals surface area contributed by atoms with Gasteiger partial charge in [-0.05, 0) is 42.5 Å². The minimum Gasteiger partial charge on any atom is -0.322 e. The first-order valence-electron chi connectivity index (χ1n) is 8.22. The Bertz CT molecular complexity index is 1100. The van der Waals surface area contributed by atoms with Gasteiger partial charge in [0.2, 0.25) is 0 Å². The molecule has 0 spiro atoms. The molecule has 0 bridgehead atoms. The van der Waals surface area contributed by atoms with Gasteiger partial charge in [0.05, 0.1) is 5.69 Å². The predicted molar refractivity (Wildman–Crippen MR) is 110 cm³/mol. The molecule has 0 aliphatic rings. The zero-order chi connectivity index (χ0) is 18.6. The van der Waals surface area contributed by atoms with Crippen LogP contribution >= 0.6 is 22.9 Å². The number of carbonyl (C=O) groups excluding carboxylic acids is 1. The van der Waals surface area contributed by atoms with E-state index in [1.165, 1.54) is 0 Å². The van der Waals surface area contributed by atoms with Crippen LogP contribution < -0.4 is 5.32 Å². The molecule has 1 amide bonds. The maximum atomic E-state index is 12.4. The van der Waals surface area contributed by atoms with Gasteiger partial charge in [0, 0.05) is 45.2 Å². The molecule has 2 heterocycles. The molecule has 6 heteroatoms. The van der Waals surface area contributed by atoms with Crippen molar-refractivity contribution in [1.82, 2.24) is 9.97 Å². The first-order valence-corrected chi connectivity index (χ1v) is 9.48. The molecule has 2 aromatic carbocycles. The van der Waals surface area contributed by atoms with Crippen molar-refractivity contribution in [1.29, 1.82) is 0 Å². The van der Waals surface area contributed by atoms with Gasteiger partial charge in [0.15, 0.2) is 0 Å². The summed E-state index contributed by atoms with van der Waals surface area (Å²) in [6.45, 7) is 0. The Morgan fingerprint density at radius 2 is 1.78 bits per heavy atom. The standard InChI is InChI=1S/C21H14ClN3OS/c22-17-5-1-4-16(11-17)20(26)24-18-6-2-3-15(12-18)19-13-27-21(25-19)14-7-9-23-10-8-14/h1-13H,(H,24,26). The second kappa shape index (κ2) is 7.70. The van der Waals surface area contributed by atoms with Crippen LogP contribution in [0, 0.1) is 0 Å². The summed E-state index contributed by atoms with van der Waals surface area (Å²) in [5.74, 6) is -0.203. The highest BCUT2D eigenvalue weighted by atomic mass is 35.5. The molecule has 0 radical (unpaired) electrons. The van der Waals surface area contributed by atoms with E-state index in [1.54, 1.807) is 48.0 Å². The van der Waals surface area contributed by atoms with Crippen molar-refractivity contribution >= 4 is 34.5 Å². The Morgan fingerprint density at radius 1 is 0.963 bits per heavy atom. The normalized spacial score (nSPS) is 10.6. The van der Waals surface area contributed by atoms with Crippen LogP contribution in [0.4, 0.5) is 5.69 Å². The largest absolute Gasteiger partial charge is 0.322 e. The van der Waals surface area contributed by atoms with Crippen LogP contribution in [0.5, 0.6) is 0 Å². The zero-order valence-corrected chi connectivity index (χ0v) is 15.7. The number of carbonyl (C=O) groups is 1. The van der Waals surface area contributed by atoms with Gasteiger partial charge in [-0.3, -0.25) is 9.78 Å². The lowest BCUT2D eigenvalue weighted by Crippen LogP contribution is -2.11. The first kappa shape index (κ1) is 17.4. The fraction of sp³-hybridized carbons (Fsp3) is 0. The lowest BCUT2D eigenvalue weighted by Gasteiger charge is -2.07. The summed E-state index contributed by atoms with van der Waals surface area (Å²) >= 11 is 7.53. The molecular weight excluding hydrogens is 378 g/mol. The molecule has 132 valence electrons. The quantitative estimate of drug-likeness (QED) is 0.480. The Labute approximate surface area is 165 Å². The van der Waals surface area contributed by atoms with Gasteiger partial charge in [0.1, 0.15) is 5.01 Å². The fourth-order valence-corrected chi connectivity index (χ4v) is 3.65. The summed E-state index contributed by atoms with van der Waals surface area (Å²) in [4.78, 5) is 21.1. The maximum Gasteiger partial charge on any atom is 0.255 e. The highest BCUT2D eigenvalue weighted by Crippen LogP contribution is 2.29. The highest BCUT2D eigenvalue weighted by molar-refractivity contribution is 7.13. The lowest BCUT2D eigenvalue weighted by atomic mass is 10.1. The van der Waals surface area contributed by atoms with Gasteiger partial charge in [0.25, 0.3) is 5.91 Å². The Morgan fingerprint density at radius 3 is 2.59 bits per heavy atom. The number of halogens is 1. The number of aromatic nitrogens is 2. The Hall–Kier alpha value is -3.02. The highest BCUT2D eigenvalue weighted by Gasteiger charge is 2.10. The van der Waals surface area contributed by atoms with E-state index in [-0.39, 0.29) is 5.91 Å². The van der Waals surface area contributed by atoms with Crippen LogP contribution in [-0.2, 0) is 0 Å². The first-order chi connectivity index (χ1) is 13.2. The van der Waals surface area contributed by atoms with Gasteiger partial charge >= 0.3 is 0 Å². The van der Waals surface area contributed by atoms with E-state index in [9.17, 15) is 4.79 Å². The van der Waals surface area contributed by atoms with Crippen LogP contribution in [0.3, 0.4) is 0 Å². The molecule has 1 N–H and O–H groups in total. The third-order valence-corrected chi connectivity index (χ3v) is 5.06. The molecule has 4 nitrogen and oxygen atoms in total. The number of amides is 1. The van der Waals surface area contributed by atoms with Crippen molar-refractivity contribution in [3.63, 3.8) is 0 Å². The van der Waals surface area contributed by atoms with E-state index >= 15 is 0 Å². The van der Waals surface area contributed by atoms with Crippen molar-refractivity contribution in [2.24, 2.45) is 0 Å². The number of benzene rings is 2. The SMILES string of the molecule is O=C(Nc1cccc(-c2csc(-c3ccncc3)n2)c1)c1cccc(Cl)c1. The number of hydrogen-bond acceptors (Lipinski definition) is 4. The Kier molecular flexibility index (Phi) is 4.96. The van der Waals surface area contributed by atoms with Crippen LogP contribution in [0.1, 0.15) is 10.4 Å². The lowest BCUT2D eigenvalue weighted by molar-refractivity contribution is 0.102. The van der Waals surface area contributed by atoms with E-state index in [4.69, 9.17) is 16.6 Å². The molecule has 0 fully saturated rings. The van der Waals surface area contributed by atoms with E-state index < -0.39 is 0 Å². The van der Waals surface area contributed by atoms with E-state index in [1.807, 2.05) is 41.8 Å². The summed E-state index contributed by atoms with van der Waals surface area (Å²) in [5.41, 5.74) is 4.06. The molecule has 0 saturated heterocycles. The maximum absolute atomic E-state index is 12.4. The third-order valence-electron chi connectivity index (χ3n) is 3.93. The molecule has 4 rings (SSSR count). The minimum absolute atomic E-state index is 0.203. The van der Waals surface area contributed by atoms with Crippen molar-refractivity contribution in [2.45, 2.75) is 0 Å². The fourth-order valence-electron chi connectivity index (χ4n) is 2.62. The Balaban J connectivity index is 1.56. The summed E-state index contributed by atoms with van der Waals surface area (Å²) in [7, 11) is 0. The van der Waals surface area contributed by atoms with Crippen LogP contribution in [0.25, 0.3) is 21.8 Å². The number of nitrogens with zero attached hydrogens (tertiary/aromatic N) is 2. The van der Waals surface area contributed by atoms with E-state index in [2.05, 4.69) is 10.3 Å². The number of nitrogens with one attached hydrogen (secondary N) is 1. The zero-order valence-electron chi connectivity index (χ0n) is 14.1. The van der Waals surface area contributed by atoms with Gasteiger partial charge in [-0.25, -0.2) is 4.98 Å². The number of rotatable bonds is 4. The van der Waals surface area contributed by atoms with Gasteiger partial charge < -0.3 is 5.32 Å². The van der Waals surface area contributed by atoms with Gasteiger partial charge in [-0.1, -0.05) is 29.8 Å². The third kappa shape index (κ3) is 4.05. The number of anilines is 1. The molecule has 27 heavy (non-hydrogen) atoms. The average Bonchev–Trinajstić information content (AvgIpc) is 3.19. The summed E-state index contributed by atoms with van der Waals surface area (Å²) in [6.07, 6.45) is 3.50. The molecule has 0 aliphatic heterocycles. The predicted octanol–water partition coefficient (Wildman–Crippen LogP) is 5.78. The second-order valence-electron chi connectivity index (χ2n) is 5.82. The molecule has 2 aromatic heterocycles. The van der Waals surface area contributed by atoms with Crippen LogP contribution in [0.2, 0.25) is 5.02 Å². The monoisotopic (exact) mass is 391 g/mol. The van der Waals surface area contributed by atoms with Crippen LogP contribution in [0.15, 0.2) is 78.4 Å². The van der Waals surface area contributed by atoms with E-state index in [0.29, 0.717) is 16.3 Å². The van der Waals surface area contributed by atoms with Crippen molar-refractivity contribution in [3.8, 4) is 21.8 Å². The van der Waals surface area contributed by atoms with Crippen molar-refractivity contribution in [3.05, 3.63) is 89.0 Å².